The van der Waals surface area contributed by atoms with Crippen LogP contribution in [0.3, 0.4) is 0 Å². The number of carbonyl (C=O) groups is 1. The van der Waals surface area contributed by atoms with E-state index in [9.17, 15) is 15.0 Å². The molecule has 1 heterocycles. The molecule has 1 aromatic heterocycles. The van der Waals surface area contributed by atoms with E-state index in [4.69, 9.17) is 4.74 Å². The van der Waals surface area contributed by atoms with Crippen molar-refractivity contribution >= 4 is 27.6 Å². The summed E-state index contributed by atoms with van der Waals surface area (Å²) < 4.78 is 8.23. The van der Waals surface area contributed by atoms with Gasteiger partial charge in [0.05, 0.1) is 18.8 Å². The first-order chi connectivity index (χ1) is 16.7. The predicted molar refractivity (Wildman–Crippen MR) is 139 cm³/mol. The summed E-state index contributed by atoms with van der Waals surface area (Å²) in [6.07, 6.45) is -0.648. The minimum atomic E-state index is -0.618. The van der Waals surface area contributed by atoms with Gasteiger partial charge in [-0.15, -0.1) is 0 Å². The largest absolute Gasteiger partial charge is 0.493 e. The minimum Gasteiger partial charge on any atom is -0.493 e. The van der Waals surface area contributed by atoms with Crippen LogP contribution < -0.4 is 4.74 Å². The topological polar surface area (TPSA) is 71.7 Å². The Balaban J connectivity index is 1.38. The number of ether oxygens (including phenoxy) is 1. The molecule has 5 heteroatoms. The summed E-state index contributed by atoms with van der Waals surface area (Å²) in [7, 11) is 0. The molecule has 35 heavy (non-hydrogen) atoms. The van der Waals surface area contributed by atoms with Gasteiger partial charge in [-0.1, -0.05) is 32.0 Å². The van der Waals surface area contributed by atoms with E-state index in [2.05, 4.69) is 23.6 Å². The maximum Gasteiger partial charge on any atom is 0.193 e. The number of fused-ring (bicyclic) bond motifs is 3. The van der Waals surface area contributed by atoms with Crippen LogP contribution in [0.15, 0.2) is 60.7 Å². The van der Waals surface area contributed by atoms with Gasteiger partial charge in [0.1, 0.15) is 5.75 Å². The van der Waals surface area contributed by atoms with Crippen LogP contribution in [0.2, 0.25) is 0 Å². The summed E-state index contributed by atoms with van der Waals surface area (Å²) in [6, 6.07) is 19.8. The molecule has 3 unspecified atom stereocenters. The number of aliphatic hydroxyl groups excluding tert-OH is 2. The quantitative estimate of drug-likeness (QED) is 0.364. The smallest absolute Gasteiger partial charge is 0.193 e. The number of hydrogen-bond acceptors (Lipinski definition) is 4. The Hall–Kier alpha value is -3.15. The highest BCUT2D eigenvalue weighted by molar-refractivity contribution is 6.15. The minimum absolute atomic E-state index is 0.0135. The van der Waals surface area contributed by atoms with Crippen molar-refractivity contribution in [2.75, 3.05) is 6.61 Å². The Labute approximate surface area is 206 Å². The number of hydrogen-bond donors (Lipinski definition) is 2. The molecule has 5 nitrogen and oxygen atoms in total. The fourth-order valence-electron chi connectivity index (χ4n) is 5.56. The van der Waals surface area contributed by atoms with Crippen LogP contribution in [0.4, 0.5) is 0 Å². The number of aryl methyl sites for hydroxylation is 2. The SMILES string of the molecule is CCn1c2ccccc2c2cc(C(=O)c3ccc(OCC4CC(O)C(C)(C)C4O)cc3C)ccc21. The summed E-state index contributed by atoms with van der Waals surface area (Å²) in [5.74, 6) is 0.519. The molecule has 2 N–H and O–H groups in total. The van der Waals surface area contributed by atoms with Gasteiger partial charge in [0.25, 0.3) is 0 Å². The Kier molecular flexibility index (Phi) is 5.94. The predicted octanol–water partition coefficient (Wildman–Crippen LogP) is 5.50. The maximum atomic E-state index is 13.4. The lowest BCUT2D eigenvalue weighted by atomic mass is 9.86. The molecule has 1 aliphatic carbocycles. The van der Waals surface area contributed by atoms with Gasteiger partial charge in [0, 0.05) is 50.8 Å². The van der Waals surface area contributed by atoms with Gasteiger partial charge < -0.3 is 19.5 Å². The van der Waals surface area contributed by atoms with Gasteiger partial charge in [0.2, 0.25) is 0 Å². The highest BCUT2D eigenvalue weighted by Crippen LogP contribution is 2.41. The molecule has 0 saturated heterocycles. The third-order valence-corrected chi connectivity index (χ3v) is 7.85. The fraction of sp³-hybridized carbons (Fsp3) is 0.367. The molecule has 1 fully saturated rings. The van der Waals surface area contributed by atoms with Crippen molar-refractivity contribution in [3.63, 3.8) is 0 Å². The van der Waals surface area contributed by atoms with Gasteiger partial charge in [-0.3, -0.25) is 4.79 Å². The van der Waals surface area contributed by atoms with Crippen molar-refractivity contribution in [2.24, 2.45) is 11.3 Å². The van der Waals surface area contributed by atoms with Crippen molar-refractivity contribution in [2.45, 2.75) is 52.9 Å². The normalized spacial score (nSPS) is 21.6. The zero-order valence-electron chi connectivity index (χ0n) is 20.8. The van der Waals surface area contributed by atoms with E-state index in [1.807, 2.05) is 69.3 Å². The van der Waals surface area contributed by atoms with Gasteiger partial charge >= 0.3 is 0 Å². The number of ketones is 1. The van der Waals surface area contributed by atoms with Crippen LogP contribution in [-0.4, -0.2) is 39.4 Å². The van der Waals surface area contributed by atoms with Crippen LogP contribution in [0.25, 0.3) is 21.8 Å². The van der Waals surface area contributed by atoms with E-state index in [1.165, 1.54) is 5.52 Å². The van der Waals surface area contributed by atoms with Gasteiger partial charge in [-0.05, 0) is 68.3 Å². The lowest BCUT2D eigenvalue weighted by Crippen LogP contribution is -2.35. The third kappa shape index (κ3) is 3.93. The van der Waals surface area contributed by atoms with Gasteiger partial charge in [0.15, 0.2) is 5.78 Å². The van der Waals surface area contributed by atoms with Crippen LogP contribution in [-0.2, 0) is 6.54 Å². The summed E-state index contributed by atoms with van der Waals surface area (Å²) in [5.41, 5.74) is 3.93. The van der Waals surface area contributed by atoms with Crippen LogP contribution in [0, 0.1) is 18.3 Å². The summed E-state index contributed by atoms with van der Waals surface area (Å²) in [5, 5.41) is 23.0. The molecule has 1 aliphatic rings. The van der Waals surface area contributed by atoms with E-state index >= 15 is 0 Å². The zero-order valence-corrected chi connectivity index (χ0v) is 20.8. The molecule has 0 spiro atoms. The van der Waals surface area contributed by atoms with Crippen molar-refractivity contribution < 1.29 is 19.7 Å². The van der Waals surface area contributed by atoms with E-state index in [0.717, 1.165) is 28.4 Å². The number of aromatic nitrogens is 1. The van der Waals surface area contributed by atoms with Crippen LogP contribution in [0.1, 0.15) is 48.7 Å². The number of carbonyl (C=O) groups excluding carboxylic acids is 1. The molecule has 3 atom stereocenters. The second-order valence-electron chi connectivity index (χ2n) is 10.4. The van der Waals surface area contributed by atoms with Gasteiger partial charge in [-0.25, -0.2) is 0 Å². The molecule has 182 valence electrons. The van der Waals surface area contributed by atoms with Crippen LogP contribution >= 0.6 is 0 Å². The van der Waals surface area contributed by atoms with Crippen molar-refractivity contribution in [3.05, 3.63) is 77.4 Å². The number of rotatable bonds is 6. The molecule has 1 saturated carbocycles. The fourth-order valence-corrected chi connectivity index (χ4v) is 5.56. The summed E-state index contributed by atoms with van der Waals surface area (Å²) in [4.78, 5) is 13.4. The van der Waals surface area contributed by atoms with E-state index < -0.39 is 17.6 Å². The monoisotopic (exact) mass is 471 g/mol. The molecular weight excluding hydrogens is 438 g/mol. The molecule has 4 aromatic rings. The lowest BCUT2D eigenvalue weighted by Gasteiger charge is -2.27. The highest BCUT2D eigenvalue weighted by Gasteiger charge is 2.47. The second kappa shape index (κ2) is 8.81. The highest BCUT2D eigenvalue weighted by atomic mass is 16.5. The average Bonchev–Trinajstić information content (AvgIpc) is 3.27. The van der Waals surface area contributed by atoms with Crippen molar-refractivity contribution in [1.29, 1.82) is 0 Å². The van der Waals surface area contributed by atoms with E-state index in [0.29, 0.717) is 29.9 Å². The number of benzene rings is 3. The van der Waals surface area contributed by atoms with Gasteiger partial charge in [-0.2, -0.15) is 0 Å². The van der Waals surface area contributed by atoms with Crippen molar-refractivity contribution in [1.82, 2.24) is 4.57 Å². The molecule has 0 bridgehead atoms. The second-order valence-corrected chi connectivity index (χ2v) is 10.4. The Morgan fingerprint density at radius 1 is 1.03 bits per heavy atom. The maximum absolute atomic E-state index is 13.4. The zero-order chi connectivity index (χ0) is 24.9. The molecule has 0 aliphatic heterocycles. The number of para-hydroxylation sites is 1. The molecule has 0 radical (unpaired) electrons. The molecule has 5 rings (SSSR count). The Morgan fingerprint density at radius 3 is 2.46 bits per heavy atom. The first-order valence-corrected chi connectivity index (χ1v) is 12.4. The van der Waals surface area contributed by atoms with E-state index in [-0.39, 0.29) is 11.7 Å². The number of aliphatic hydroxyl groups is 2. The third-order valence-electron chi connectivity index (χ3n) is 7.85. The number of nitrogens with zero attached hydrogens (tertiary/aromatic N) is 1. The summed E-state index contributed by atoms with van der Waals surface area (Å²) >= 11 is 0. The lowest BCUT2D eigenvalue weighted by molar-refractivity contribution is -0.0117. The van der Waals surface area contributed by atoms with Crippen molar-refractivity contribution in [3.8, 4) is 5.75 Å². The van der Waals surface area contributed by atoms with E-state index in [1.54, 1.807) is 0 Å². The molecule has 3 aromatic carbocycles. The first-order valence-electron chi connectivity index (χ1n) is 12.4. The summed E-state index contributed by atoms with van der Waals surface area (Å²) in [6.45, 7) is 9.00. The first kappa shape index (κ1) is 23.6. The Morgan fingerprint density at radius 2 is 1.77 bits per heavy atom. The van der Waals surface area contributed by atoms with Crippen LogP contribution in [0.5, 0.6) is 5.75 Å². The molecular formula is C30H33NO4. The standard InChI is InChI=1S/C30H33NO4/c1-5-31-25-9-7-6-8-23(25)24-15-19(10-13-26(24)31)28(33)22-12-11-21(14-18(22)2)35-17-20-16-27(32)30(3,4)29(20)34/h6-15,20,27,29,32,34H,5,16-17H2,1-4H3. The average molecular weight is 472 g/mol. The Bertz CT molecular complexity index is 1420. The molecule has 0 amide bonds.